The fourth-order valence-corrected chi connectivity index (χ4v) is 1.72. The molecule has 0 saturated heterocycles. The molecular formula is C14H17NO3. The molecule has 0 aliphatic rings. The average molecular weight is 247 g/mol. The number of aromatic nitrogens is 1. The smallest absolute Gasteiger partial charge is 0.102 e. The Morgan fingerprint density at radius 1 is 1.28 bits per heavy atom. The molecule has 0 spiro atoms. The number of fused-ring (bicyclic) bond motifs is 1. The summed E-state index contributed by atoms with van der Waals surface area (Å²) >= 11 is 0. The molecule has 0 fully saturated rings. The van der Waals surface area contributed by atoms with Crippen molar-refractivity contribution < 1.29 is 14.6 Å². The van der Waals surface area contributed by atoms with Gasteiger partial charge in [0.2, 0.25) is 0 Å². The van der Waals surface area contributed by atoms with Gasteiger partial charge < -0.3 is 14.6 Å². The molecule has 1 atom stereocenters. The van der Waals surface area contributed by atoms with E-state index in [-0.39, 0.29) is 6.61 Å². The number of methoxy groups -OCH3 is 1. The van der Waals surface area contributed by atoms with Gasteiger partial charge in [-0.05, 0) is 17.7 Å². The van der Waals surface area contributed by atoms with Gasteiger partial charge in [0.05, 0.1) is 25.3 Å². The first-order valence-electron chi connectivity index (χ1n) is 5.90. The van der Waals surface area contributed by atoms with Crippen LogP contribution in [0.25, 0.3) is 10.9 Å². The highest BCUT2D eigenvalue weighted by atomic mass is 16.5. The van der Waals surface area contributed by atoms with Crippen LogP contribution in [0.3, 0.4) is 0 Å². The van der Waals surface area contributed by atoms with E-state index in [4.69, 9.17) is 9.47 Å². The zero-order chi connectivity index (χ0) is 12.8. The number of nitrogens with zero attached hydrogens (tertiary/aromatic N) is 1. The molecule has 0 radical (unpaired) electrons. The van der Waals surface area contributed by atoms with Gasteiger partial charge in [0.1, 0.15) is 6.10 Å². The lowest BCUT2D eigenvalue weighted by molar-refractivity contribution is 0.0126. The molecule has 2 rings (SSSR count). The van der Waals surface area contributed by atoms with E-state index in [0.717, 1.165) is 16.5 Å². The number of benzene rings is 1. The summed E-state index contributed by atoms with van der Waals surface area (Å²) in [5, 5.41) is 11.0. The molecule has 18 heavy (non-hydrogen) atoms. The summed E-state index contributed by atoms with van der Waals surface area (Å²) in [5.74, 6) is 0. The van der Waals surface area contributed by atoms with Gasteiger partial charge in [-0.1, -0.05) is 18.2 Å². The quantitative estimate of drug-likeness (QED) is 0.792. The Balaban J connectivity index is 2.01. The number of rotatable bonds is 6. The molecule has 0 amide bonds. The van der Waals surface area contributed by atoms with Crippen molar-refractivity contribution in [1.29, 1.82) is 0 Å². The van der Waals surface area contributed by atoms with Crippen LogP contribution in [0.1, 0.15) is 11.7 Å². The van der Waals surface area contributed by atoms with Crippen molar-refractivity contribution in [2.75, 3.05) is 26.9 Å². The van der Waals surface area contributed by atoms with E-state index in [1.807, 2.05) is 30.3 Å². The van der Waals surface area contributed by atoms with Crippen molar-refractivity contribution in [2.24, 2.45) is 0 Å². The van der Waals surface area contributed by atoms with Crippen LogP contribution < -0.4 is 0 Å². The third kappa shape index (κ3) is 3.26. The lowest BCUT2D eigenvalue weighted by Gasteiger charge is -2.12. The molecule has 1 N–H and O–H groups in total. The van der Waals surface area contributed by atoms with E-state index in [9.17, 15) is 5.11 Å². The van der Waals surface area contributed by atoms with E-state index in [0.29, 0.717) is 13.2 Å². The summed E-state index contributed by atoms with van der Waals surface area (Å²) in [6.07, 6.45) is 1.11. The first-order valence-corrected chi connectivity index (χ1v) is 5.90. The zero-order valence-electron chi connectivity index (χ0n) is 10.4. The van der Waals surface area contributed by atoms with Crippen LogP contribution in [0.2, 0.25) is 0 Å². The summed E-state index contributed by atoms with van der Waals surface area (Å²) in [6, 6.07) is 9.63. The Hall–Kier alpha value is -1.49. The molecule has 1 aromatic heterocycles. The predicted molar refractivity (Wildman–Crippen MR) is 69.4 cm³/mol. The average Bonchev–Trinajstić information content (AvgIpc) is 2.43. The maximum Gasteiger partial charge on any atom is 0.102 e. The third-order valence-corrected chi connectivity index (χ3v) is 2.72. The summed E-state index contributed by atoms with van der Waals surface area (Å²) in [5.41, 5.74) is 1.70. The Bertz CT molecular complexity index is 501. The lowest BCUT2D eigenvalue weighted by atomic mass is 10.1. The van der Waals surface area contributed by atoms with Crippen molar-refractivity contribution >= 4 is 10.9 Å². The largest absolute Gasteiger partial charge is 0.386 e. The summed E-state index contributed by atoms with van der Waals surface area (Å²) < 4.78 is 10.2. The van der Waals surface area contributed by atoms with Crippen molar-refractivity contribution in [3.05, 3.63) is 42.1 Å². The molecule has 1 unspecified atom stereocenters. The van der Waals surface area contributed by atoms with Crippen LogP contribution in [-0.4, -0.2) is 37.0 Å². The molecule has 0 bridgehead atoms. The highest BCUT2D eigenvalue weighted by molar-refractivity contribution is 5.78. The number of ether oxygens (including phenoxy) is 2. The van der Waals surface area contributed by atoms with Crippen molar-refractivity contribution in [2.45, 2.75) is 6.10 Å². The molecule has 2 aromatic rings. The fraction of sp³-hybridized carbons (Fsp3) is 0.357. The minimum atomic E-state index is -0.631. The summed E-state index contributed by atoms with van der Waals surface area (Å²) in [6.45, 7) is 1.28. The molecule has 0 aliphatic heterocycles. The molecule has 1 heterocycles. The van der Waals surface area contributed by atoms with Gasteiger partial charge in [0.15, 0.2) is 0 Å². The van der Waals surface area contributed by atoms with Gasteiger partial charge in [0, 0.05) is 18.7 Å². The maximum absolute atomic E-state index is 9.99. The van der Waals surface area contributed by atoms with Gasteiger partial charge in [-0.15, -0.1) is 0 Å². The first-order chi connectivity index (χ1) is 8.81. The van der Waals surface area contributed by atoms with E-state index in [2.05, 4.69) is 4.98 Å². The fourth-order valence-electron chi connectivity index (χ4n) is 1.72. The highest BCUT2D eigenvalue weighted by Gasteiger charge is 2.08. The molecule has 0 saturated carbocycles. The van der Waals surface area contributed by atoms with Crippen LogP contribution in [-0.2, 0) is 9.47 Å². The van der Waals surface area contributed by atoms with Gasteiger partial charge >= 0.3 is 0 Å². The predicted octanol–water partition coefficient (Wildman–Crippen LogP) is 1.93. The molecule has 96 valence electrons. The Morgan fingerprint density at radius 3 is 3.00 bits per heavy atom. The topological polar surface area (TPSA) is 51.6 Å². The van der Waals surface area contributed by atoms with E-state index >= 15 is 0 Å². The second-order valence-electron chi connectivity index (χ2n) is 4.04. The van der Waals surface area contributed by atoms with Crippen LogP contribution >= 0.6 is 0 Å². The van der Waals surface area contributed by atoms with Crippen molar-refractivity contribution in [1.82, 2.24) is 4.98 Å². The van der Waals surface area contributed by atoms with Crippen molar-refractivity contribution in [3.63, 3.8) is 0 Å². The number of aliphatic hydroxyl groups is 1. The van der Waals surface area contributed by atoms with E-state index in [1.54, 1.807) is 13.3 Å². The third-order valence-electron chi connectivity index (χ3n) is 2.72. The number of aliphatic hydroxyl groups excluding tert-OH is 1. The van der Waals surface area contributed by atoms with Gasteiger partial charge in [0.25, 0.3) is 0 Å². The Kier molecular flexibility index (Phi) is 4.64. The van der Waals surface area contributed by atoms with E-state index < -0.39 is 6.10 Å². The molecule has 0 aliphatic carbocycles. The SMILES string of the molecule is COCCOCC(O)c1ccc2cccnc2c1. The summed E-state index contributed by atoms with van der Waals surface area (Å²) in [4.78, 5) is 4.26. The monoisotopic (exact) mass is 247 g/mol. The highest BCUT2D eigenvalue weighted by Crippen LogP contribution is 2.19. The normalized spacial score (nSPS) is 12.8. The second kappa shape index (κ2) is 6.44. The standard InChI is InChI=1S/C14H17NO3/c1-17-7-8-18-10-14(16)12-5-4-11-3-2-6-15-13(11)9-12/h2-6,9,14,16H,7-8,10H2,1H3. The maximum atomic E-state index is 9.99. The van der Waals surface area contributed by atoms with Crippen LogP contribution in [0.5, 0.6) is 0 Å². The van der Waals surface area contributed by atoms with Gasteiger partial charge in [-0.25, -0.2) is 0 Å². The number of pyridine rings is 1. The second-order valence-corrected chi connectivity index (χ2v) is 4.04. The molecule has 4 heteroatoms. The molecular weight excluding hydrogens is 230 g/mol. The van der Waals surface area contributed by atoms with E-state index in [1.165, 1.54) is 0 Å². The van der Waals surface area contributed by atoms with Crippen molar-refractivity contribution in [3.8, 4) is 0 Å². The number of hydrogen-bond donors (Lipinski definition) is 1. The van der Waals surface area contributed by atoms with Crippen LogP contribution in [0.4, 0.5) is 0 Å². The number of hydrogen-bond acceptors (Lipinski definition) is 4. The van der Waals surface area contributed by atoms with Crippen LogP contribution in [0, 0.1) is 0 Å². The lowest BCUT2D eigenvalue weighted by Crippen LogP contribution is -2.10. The first kappa shape index (κ1) is 13.0. The molecule has 1 aromatic carbocycles. The summed E-state index contributed by atoms with van der Waals surface area (Å²) in [7, 11) is 1.62. The Labute approximate surface area is 106 Å². The Morgan fingerprint density at radius 2 is 2.17 bits per heavy atom. The minimum absolute atomic E-state index is 0.266. The minimum Gasteiger partial charge on any atom is -0.386 e. The van der Waals surface area contributed by atoms with Gasteiger partial charge in [-0.2, -0.15) is 0 Å². The molecule has 4 nitrogen and oxygen atoms in total. The van der Waals surface area contributed by atoms with Gasteiger partial charge in [-0.3, -0.25) is 4.98 Å². The zero-order valence-corrected chi connectivity index (χ0v) is 10.4. The van der Waals surface area contributed by atoms with Crippen LogP contribution in [0.15, 0.2) is 36.5 Å².